The highest BCUT2D eigenvalue weighted by Crippen LogP contribution is 2.44. The lowest BCUT2D eigenvalue weighted by atomic mass is 9.89. The summed E-state index contributed by atoms with van der Waals surface area (Å²) in [6.07, 6.45) is 0.405. The van der Waals surface area contributed by atoms with Gasteiger partial charge in [-0.05, 0) is 50.5 Å². The summed E-state index contributed by atoms with van der Waals surface area (Å²) in [6.45, 7) is 6.18. The molecule has 0 spiro atoms. The lowest BCUT2D eigenvalue weighted by molar-refractivity contribution is -0.141. The Hall–Kier alpha value is -2.66. The van der Waals surface area contributed by atoms with Crippen LogP contribution in [-0.4, -0.2) is 29.9 Å². The number of hydrogen-bond acceptors (Lipinski definition) is 4. The molecule has 142 valence electrons. The van der Waals surface area contributed by atoms with Gasteiger partial charge < -0.3 is 14.7 Å². The van der Waals surface area contributed by atoms with Crippen LogP contribution in [0, 0.1) is 13.8 Å². The molecule has 0 aliphatic carbocycles. The van der Waals surface area contributed by atoms with E-state index < -0.39 is 11.5 Å². The van der Waals surface area contributed by atoms with E-state index >= 15 is 0 Å². The monoisotopic (exact) mass is 367 g/mol. The first kappa shape index (κ1) is 19.1. The predicted molar refractivity (Wildman–Crippen MR) is 104 cm³/mol. The Balaban J connectivity index is 1.74. The molecular formula is C22H25NO4. The number of nitrogens with zero attached hydrogens (tertiary/aromatic N) is 1. The third-order valence-electron chi connectivity index (χ3n) is 4.84. The van der Waals surface area contributed by atoms with Gasteiger partial charge in [0.1, 0.15) is 11.5 Å². The lowest BCUT2D eigenvalue weighted by Gasteiger charge is -2.22. The van der Waals surface area contributed by atoms with Crippen molar-refractivity contribution in [1.29, 1.82) is 0 Å². The number of hydrogen-bond donors (Lipinski definition) is 1. The molecule has 0 radical (unpaired) electrons. The van der Waals surface area contributed by atoms with Crippen molar-refractivity contribution in [3.8, 4) is 5.75 Å². The van der Waals surface area contributed by atoms with Gasteiger partial charge in [0.15, 0.2) is 5.60 Å². The maximum absolute atomic E-state index is 13.0. The number of rotatable bonds is 7. The number of carbonyl (C=O) groups excluding carboxylic acids is 2. The summed E-state index contributed by atoms with van der Waals surface area (Å²) < 4.78 is 5.76. The summed E-state index contributed by atoms with van der Waals surface area (Å²) in [5.41, 5.74) is 1.48. The Bertz CT molecular complexity index is 876. The molecule has 0 saturated carbocycles. The molecule has 1 aliphatic heterocycles. The van der Waals surface area contributed by atoms with Gasteiger partial charge in [0, 0.05) is 18.5 Å². The quantitative estimate of drug-likeness (QED) is 0.763. The van der Waals surface area contributed by atoms with E-state index in [1.165, 1.54) is 6.92 Å². The fourth-order valence-corrected chi connectivity index (χ4v) is 3.65. The van der Waals surface area contributed by atoms with Crippen molar-refractivity contribution in [1.82, 2.24) is 0 Å². The number of benzene rings is 2. The minimum atomic E-state index is -1.77. The molecule has 1 atom stereocenters. The van der Waals surface area contributed by atoms with Crippen LogP contribution in [0.25, 0.3) is 0 Å². The fourth-order valence-electron chi connectivity index (χ4n) is 3.65. The summed E-state index contributed by atoms with van der Waals surface area (Å²) in [4.78, 5) is 26.2. The second-order valence-electron chi connectivity index (χ2n) is 7.19. The number of Topliss-reactive ketones (excluding diaryl/α,β-unsaturated/α-hetero) is 1. The van der Waals surface area contributed by atoms with Crippen LogP contribution < -0.4 is 9.64 Å². The molecule has 27 heavy (non-hydrogen) atoms. The molecule has 0 fully saturated rings. The molecule has 0 unspecified atom stereocenters. The summed E-state index contributed by atoms with van der Waals surface area (Å²) in [6, 6.07) is 13.2. The van der Waals surface area contributed by atoms with Gasteiger partial charge in [-0.2, -0.15) is 0 Å². The van der Waals surface area contributed by atoms with Crippen molar-refractivity contribution in [2.45, 2.75) is 39.2 Å². The Morgan fingerprint density at radius 2 is 1.93 bits per heavy atom. The minimum absolute atomic E-state index is 0.210. The average molecular weight is 367 g/mol. The normalized spacial score (nSPS) is 18.5. The van der Waals surface area contributed by atoms with E-state index in [-0.39, 0.29) is 12.2 Å². The number of amides is 1. The van der Waals surface area contributed by atoms with E-state index in [1.54, 1.807) is 17.0 Å². The van der Waals surface area contributed by atoms with Crippen molar-refractivity contribution >= 4 is 17.4 Å². The van der Waals surface area contributed by atoms with Crippen LogP contribution in [0.15, 0.2) is 42.5 Å². The smallest absolute Gasteiger partial charge is 0.264 e. The van der Waals surface area contributed by atoms with Crippen LogP contribution in [0.5, 0.6) is 5.75 Å². The van der Waals surface area contributed by atoms with Crippen molar-refractivity contribution < 1.29 is 19.4 Å². The number of anilines is 1. The first-order valence-electron chi connectivity index (χ1n) is 9.16. The Labute approximate surface area is 159 Å². The summed E-state index contributed by atoms with van der Waals surface area (Å²) in [5.74, 6) is 0.146. The molecule has 1 amide bonds. The number of aliphatic hydroxyl groups is 1. The molecule has 0 saturated heterocycles. The van der Waals surface area contributed by atoms with Crippen molar-refractivity contribution in [2.24, 2.45) is 0 Å². The largest absolute Gasteiger partial charge is 0.494 e. The number of aryl methyl sites for hydroxylation is 2. The van der Waals surface area contributed by atoms with Crippen LogP contribution in [-0.2, 0) is 15.2 Å². The molecule has 0 aromatic heterocycles. The topological polar surface area (TPSA) is 66.8 Å². The van der Waals surface area contributed by atoms with Gasteiger partial charge in [-0.1, -0.05) is 30.3 Å². The predicted octanol–water partition coefficient (Wildman–Crippen LogP) is 3.29. The second kappa shape index (κ2) is 7.53. The van der Waals surface area contributed by atoms with Crippen LogP contribution >= 0.6 is 0 Å². The zero-order valence-electron chi connectivity index (χ0n) is 16.0. The van der Waals surface area contributed by atoms with Crippen LogP contribution in [0.3, 0.4) is 0 Å². The highest BCUT2D eigenvalue weighted by molar-refractivity contribution is 6.09. The molecule has 1 heterocycles. The first-order valence-corrected chi connectivity index (χ1v) is 9.16. The third kappa shape index (κ3) is 3.74. The van der Waals surface area contributed by atoms with E-state index in [4.69, 9.17) is 4.74 Å². The standard InChI is InChI=1S/C22H25NO4/c1-15-7-4-9-18(13-15)27-12-6-11-23-20-16(2)8-5-10-19(20)22(26,21(23)25)14-17(3)24/h4-5,7-10,13,26H,6,11-12,14H2,1-3H3/t22-/m1/s1. The van der Waals surface area contributed by atoms with Crippen molar-refractivity contribution in [2.75, 3.05) is 18.1 Å². The molecule has 3 rings (SSSR count). The number of ketones is 1. The molecule has 5 heteroatoms. The number of ether oxygens (including phenoxy) is 1. The zero-order chi connectivity index (χ0) is 19.6. The Kier molecular flexibility index (Phi) is 5.33. The molecule has 2 aromatic rings. The first-order chi connectivity index (χ1) is 12.8. The van der Waals surface area contributed by atoms with Gasteiger partial charge in [-0.3, -0.25) is 9.59 Å². The average Bonchev–Trinajstić information content (AvgIpc) is 2.81. The number of fused-ring (bicyclic) bond motifs is 1. The van der Waals surface area contributed by atoms with Gasteiger partial charge >= 0.3 is 0 Å². The molecule has 0 bridgehead atoms. The van der Waals surface area contributed by atoms with Gasteiger partial charge in [-0.15, -0.1) is 0 Å². The highest BCUT2D eigenvalue weighted by atomic mass is 16.5. The highest BCUT2D eigenvalue weighted by Gasteiger charge is 2.50. The molecule has 5 nitrogen and oxygen atoms in total. The van der Waals surface area contributed by atoms with E-state index in [0.29, 0.717) is 30.8 Å². The van der Waals surface area contributed by atoms with Gasteiger partial charge in [-0.25, -0.2) is 0 Å². The maximum atomic E-state index is 13.0. The lowest BCUT2D eigenvalue weighted by Crippen LogP contribution is -2.42. The van der Waals surface area contributed by atoms with Crippen LogP contribution in [0.2, 0.25) is 0 Å². The fraction of sp³-hybridized carbons (Fsp3) is 0.364. The molecule has 2 aromatic carbocycles. The third-order valence-corrected chi connectivity index (χ3v) is 4.84. The number of para-hydroxylation sites is 1. The van der Waals surface area contributed by atoms with Gasteiger partial charge in [0.25, 0.3) is 5.91 Å². The van der Waals surface area contributed by atoms with E-state index in [0.717, 1.165) is 16.9 Å². The molecule has 1 aliphatic rings. The summed E-state index contributed by atoms with van der Waals surface area (Å²) >= 11 is 0. The summed E-state index contributed by atoms with van der Waals surface area (Å²) in [7, 11) is 0. The van der Waals surface area contributed by atoms with E-state index in [1.807, 2.05) is 44.2 Å². The Morgan fingerprint density at radius 1 is 1.19 bits per heavy atom. The van der Waals surface area contributed by atoms with Crippen molar-refractivity contribution in [3.63, 3.8) is 0 Å². The van der Waals surface area contributed by atoms with E-state index in [9.17, 15) is 14.7 Å². The van der Waals surface area contributed by atoms with Crippen LogP contribution in [0.1, 0.15) is 36.5 Å². The second-order valence-corrected chi connectivity index (χ2v) is 7.19. The minimum Gasteiger partial charge on any atom is -0.494 e. The van der Waals surface area contributed by atoms with Crippen LogP contribution in [0.4, 0.5) is 5.69 Å². The maximum Gasteiger partial charge on any atom is 0.264 e. The molecular weight excluding hydrogens is 342 g/mol. The zero-order valence-corrected chi connectivity index (χ0v) is 16.0. The SMILES string of the molecule is CC(=O)C[C@]1(O)C(=O)N(CCCOc2cccc(C)c2)c2c(C)cccc21. The van der Waals surface area contributed by atoms with Crippen molar-refractivity contribution in [3.05, 3.63) is 59.2 Å². The summed E-state index contributed by atoms with van der Waals surface area (Å²) in [5, 5.41) is 11.0. The Morgan fingerprint density at radius 3 is 2.63 bits per heavy atom. The van der Waals surface area contributed by atoms with Gasteiger partial charge in [0.2, 0.25) is 0 Å². The molecule has 1 N–H and O–H groups in total. The number of carbonyl (C=O) groups is 2. The van der Waals surface area contributed by atoms with Gasteiger partial charge in [0.05, 0.1) is 12.3 Å². The van der Waals surface area contributed by atoms with E-state index in [2.05, 4.69) is 0 Å².